The Bertz CT molecular complexity index is 857. The molecule has 1 aromatic carbocycles. The van der Waals surface area contributed by atoms with Gasteiger partial charge in [0.15, 0.2) is 5.69 Å². The Morgan fingerprint density at radius 2 is 1.96 bits per heavy atom. The van der Waals surface area contributed by atoms with E-state index in [0.717, 1.165) is 0 Å². The second-order valence-electron chi connectivity index (χ2n) is 4.94. The maximum Gasteiger partial charge on any atom is 0.363 e. The van der Waals surface area contributed by atoms with Crippen molar-refractivity contribution in [2.75, 3.05) is 12.4 Å². The van der Waals surface area contributed by atoms with Crippen molar-refractivity contribution in [2.24, 2.45) is 0 Å². The highest BCUT2D eigenvalue weighted by molar-refractivity contribution is 7.09. The van der Waals surface area contributed by atoms with Crippen LogP contribution in [0.1, 0.15) is 25.9 Å². The number of hydrogen-bond donors (Lipinski definition) is 1. The summed E-state index contributed by atoms with van der Waals surface area (Å²) in [6.07, 6.45) is 0. The Labute approximate surface area is 152 Å². The van der Waals surface area contributed by atoms with Gasteiger partial charge in [0.2, 0.25) is 0 Å². The number of nitrogens with zero attached hydrogens (tertiary/aromatic N) is 1. The summed E-state index contributed by atoms with van der Waals surface area (Å²) in [5, 5.41) is 8.73. The topological polar surface area (TPSA) is 77.5 Å². The molecule has 0 aliphatic rings. The zero-order valence-corrected chi connectivity index (χ0v) is 14.9. The minimum absolute atomic E-state index is 0.181. The fraction of sp³-hybridized carbons (Fsp3) is 0.118. The molecule has 2 heterocycles. The summed E-state index contributed by atoms with van der Waals surface area (Å²) in [4.78, 5) is 28.2. The zero-order chi connectivity index (χ0) is 17.6. The first-order valence-corrected chi connectivity index (χ1v) is 9.07. The third-order valence-electron chi connectivity index (χ3n) is 3.13. The van der Waals surface area contributed by atoms with Crippen molar-refractivity contribution in [3.05, 3.63) is 62.7 Å². The summed E-state index contributed by atoms with van der Waals surface area (Å²) in [6.45, 7) is 0.358. The lowest BCUT2D eigenvalue weighted by atomic mass is 10.2. The Kier molecular flexibility index (Phi) is 5.54. The quantitative estimate of drug-likeness (QED) is 0.524. The number of hydrogen-bond acceptors (Lipinski definition) is 7. The number of carbonyl (C=O) groups is 2. The first kappa shape index (κ1) is 17.3. The van der Waals surface area contributed by atoms with E-state index in [1.54, 1.807) is 48.2 Å². The zero-order valence-electron chi connectivity index (χ0n) is 13.2. The van der Waals surface area contributed by atoms with Crippen LogP contribution in [0.25, 0.3) is 0 Å². The summed E-state index contributed by atoms with van der Waals surface area (Å²) in [6, 6.07) is 8.32. The second-order valence-corrected chi connectivity index (χ2v) is 6.66. The molecule has 0 spiro atoms. The lowest BCUT2D eigenvalue weighted by Gasteiger charge is -2.06. The van der Waals surface area contributed by atoms with E-state index in [9.17, 15) is 9.59 Å². The van der Waals surface area contributed by atoms with Crippen molar-refractivity contribution >= 4 is 40.2 Å². The lowest BCUT2D eigenvalue weighted by Crippen LogP contribution is -2.11. The summed E-state index contributed by atoms with van der Waals surface area (Å²) in [5.74, 6) is -0.340. The van der Waals surface area contributed by atoms with Gasteiger partial charge in [-0.1, -0.05) is 0 Å². The number of esters is 1. The minimum Gasteiger partial charge on any atom is -0.422 e. The van der Waals surface area contributed by atoms with E-state index >= 15 is 0 Å². The number of anilines is 1. The molecular weight excluding hydrogens is 360 g/mol. The third-order valence-corrected chi connectivity index (χ3v) is 4.64. The predicted molar refractivity (Wildman–Crippen MR) is 96.5 cm³/mol. The van der Waals surface area contributed by atoms with E-state index < -0.39 is 5.97 Å². The molecule has 0 saturated heterocycles. The Morgan fingerprint density at radius 3 is 2.64 bits per heavy atom. The van der Waals surface area contributed by atoms with Crippen LogP contribution in [0.15, 0.2) is 46.5 Å². The van der Waals surface area contributed by atoms with E-state index in [1.165, 1.54) is 22.7 Å². The molecule has 1 amide bonds. The average molecular weight is 374 g/mol. The van der Waals surface area contributed by atoms with Gasteiger partial charge in [-0.25, -0.2) is 9.78 Å². The number of thiazole rings is 1. The largest absolute Gasteiger partial charge is 0.422 e. The van der Waals surface area contributed by atoms with Crippen LogP contribution >= 0.6 is 22.7 Å². The number of nitrogens with one attached hydrogen (secondary N) is 1. The van der Waals surface area contributed by atoms with E-state index in [-0.39, 0.29) is 11.6 Å². The smallest absolute Gasteiger partial charge is 0.363 e. The molecule has 0 unspecified atom stereocenters. The molecular formula is C17H14N2O4S2. The monoisotopic (exact) mass is 374 g/mol. The summed E-state index contributed by atoms with van der Waals surface area (Å²) < 4.78 is 10.3. The summed E-state index contributed by atoms with van der Waals surface area (Å²) in [5.41, 5.74) is 1.47. The maximum absolute atomic E-state index is 12.1. The third kappa shape index (κ3) is 4.50. The van der Waals surface area contributed by atoms with Crippen molar-refractivity contribution in [1.82, 2.24) is 4.98 Å². The first-order chi connectivity index (χ1) is 12.2. The SMILES string of the molecule is COCc1nc(C(=O)Oc2ccc(NC(=O)c3ccsc3)cc2)cs1. The number of methoxy groups -OCH3 is 1. The molecule has 1 N–H and O–H groups in total. The number of thiophene rings is 1. The van der Waals surface area contributed by atoms with Gasteiger partial charge >= 0.3 is 5.97 Å². The molecule has 3 rings (SSSR count). The van der Waals surface area contributed by atoms with Crippen molar-refractivity contribution in [2.45, 2.75) is 6.61 Å². The number of aromatic nitrogens is 1. The highest BCUT2D eigenvalue weighted by atomic mass is 32.1. The highest BCUT2D eigenvalue weighted by Crippen LogP contribution is 2.19. The Hall–Kier alpha value is -2.55. The Balaban J connectivity index is 1.60. The average Bonchev–Trinajstić information content (AvgIpc) is 3.28. The van der Waals surface area contributed by atoms with Gasteiger partial charge in [-0.2, -0.15) is 11.3 Å². The van der Waals surface area contributed by atoms with Crippen molar-refractivity contribution in [3.63, 3.8) is 0 Å². The lowest BCUT2D eigenvalue weighted by molar-refractivity contribution is 0.0728. The number of amides is 1. The summed E-state index contributed by atoms with van der Waals surface area (Å²) in [7, 11) is 1.57. The second kappa shape index (κ2) is 8.02. The summed E-state index contributed by atoms with van der Waals surface area (Å²) >= 11 is 2.80. The van der Waals surface area contributed by atoms with E-state index in [2.05, 4.69) is 10.3 Å². The number of carbonyl (C=O) groups excluding carboxylic acids is 2. The fourth-order valence-electron chi connectivity index (χ4n) is 1.96. The normalized spacial score (nSPS) is 10.4. The maximum atomic E-state index is 12.1. The van der Waals surface area contributed by atoms with Gasteiger partial charge in [-0.15, -0.1) is 11.3 Å². The molecule has 0 aliphatic carbocycles. The van der Waals surface area contributed by atoms with E-state index in [0.29, 0.717) is 28.6 Å². The van der Waals surface area contributed by atoms with Crippen LogP contribution in [0.2, 0.25) is 0 Å². The number of benzene rings is 1. The molecule has 0 radical (unpaired) electrons. The standard InChI is InChI=1S/C17H14N2O4S2/c1-22-8-15-19-14(10-25-15)17(21)23-13-4-2-12(3-5-13)18-16(20)11-6-7-24-9-11/h2-7,9-10H,8H2,1H3,(H,18,20). The molecule has 8 heteroatoms. The van der Waals surface area contributed by atoms with Gasteiger partial charge in [0.1, 0.15) is 10.8 Å². The van der Waals surface area contributed by atoms with Crippen molar-refractivity contribution < 1.29 is 19.1 Å². The van der Waals surface area contributed by atoms with Gasteiger partial charge in [-0.3, -0.25) is 4.79 Å². The van der Waals surface area contributed by atoms with Crippen molar-refractivity contribution in [1.29, 1.82) is 0 Å². The van der Waals surface area contributed by atoms with Gasteiger partial charge < -0.3 is 14.8 Å². The van der Waals surface area contributed by atoms with Crippen LogP contribution in [0.3, 0.4) is 0 Å². The fourth-order valence-corrected chi connectivity index (χ4v) is 3.33. The molecule has 128 valence electrons. The van der Waals surface area contributed by atoms with Gasteiger partial charge in [0.05, 0.1) is 12.2 Å². The molecule has 0 atom stereocenters. The molecule has 0 saturated carbocycles. The number of rotatable bonds is 6. The Morgan fingerprint density at radius 1 is 1.16 bits per heavy atom. The molecule has 6 nitrogen and oxygen atoms in total. The van der Waals surface area contributed by atoms with Crippen LogP contribution in [-0.4, -0.2) is 24.0 Å². The van der Waals surface area contributed by atoms with Crippen LogP contribution in [-0.2, 0) is 11.3 Å². The van der Waals surface area contributed by atoms with Crippen LogP contribution in [0.5, 0.6) is 5.75 Å². The van der Waals surface area contributed by atoms with E-state index in [1.807, 2.05) is 5.38 Å². The van der Waals surface area contributed by atoms with Crippen LogP contribution in [0.4, 0.5) is 5.69 Å². The van der Waals surface area contributed by atoms with Crippen molar-refractivity contribution in [3.8, 4) is 5.75 Å². The molecule has 0 fully saturated rings. The van der Waals surface area contributed by atoms with Crippen LogP contribution in [0, 0.1) is 0 Å². The minimum atomic E-state index is -0.534. The molecule has 2 aromatic heterocycles. The number of ether oxygens (including phenoxy) is 2. The predicted octanol–water partition coefficient (Wildman–Crippen LogP) is 3.82. The molecule has 25 heavy (non-hydrogen) atoms. The van der Waals surface area contributed by atoms with E-state index in [4.69, 9.17) is 9.47 Å². The molecule has 3 aromatic rings. The van der Waals surface area contributed by atoms with Crippen LogP contribution < -0.4 is 10.1 Å². The van der Waals surface area contributed by atoms with Gasteiger partial charge in [0.25, 0.3) is 5.91 Å². The first-order valence-electron chi connectivity index (χ1n) is 7.25. The highest BCUT2D eigenvalue weighted by Gasteiger charge is 2.13. The molecule has 0 bridgehead atoms. The van der Waals surface area contributed by atoms with Gasteiger partial charge in [-0.05, 0) is 35.7 Å². The molecule has 0 aliphatic heterocycles. The van der Waals surface area contributed by atoms with Gasteiger partial charge in [0, 0.05) is 23.6 Å².